The molecule has 4 rings (SSSR count). The molecule has 1 aliphatic heterocycles. The molecule has 0 saturated carbocycles. The lowest BCUT2D eigenvalue weighted by Gasteiger charge is -2.36. The van der Waals surface area contributed by atoms with Crippen molar-refractivity contribution in [3.05, 3.63) is 65.6 Å². The fraction of sp³-hybridized carbons (Fsp3) is 0.455. The number of halogens is 1. The maximum atomic E-state index is 13.3. The second-order valence-electron chi connectivity index (χ2n) is 8.43. The third kappa shape index (κ3) is 4.99. The number of hydrogen-bond acceptors (Lipinski definition) is 5. The fourth-order valence-corrected chi connectivity index (χ4v) is 4.16. The molecule has 164 valence electrons. The Labute approximate surface area is 180 Å². The lowest BCUT2D eigenvalue weighted by molar-refractivity contribution is -0.937. The highest BCUT2D eigenvalue weighted by Crippen LogP contribution is 2.18. The van der Waals surface area contributed by atoms with E-state index in [1.165, 1.54) is 23.3 Å². The van der Waals surface area contributed by atoms with Gasteiger partial charge in [0.1, 0.15) is 11.9 Å². The predicted molar refractivity (Wildman–Crippen MR) is 111 cm³/mol. The largest absolute Gasteiger partial charge is 0.459 e. The highest BCUT2D eigenvalue weighted by Gasteiger charge is 2.34. The Morgan fingerprint density at radius 1 is 1.19 bits per heavy atom. The Balaban J connectivity index is 1.48. The molecule has 1 fully saturated rings. The van der Waals surface area contributed by atoms with Gasteiger partial charge in [0, 0.05) is 6.42 Å². The van der Waals surface area contributed by atoms with Gasteiger partial charge >= 0.3 is 0 Å². The molecule has 3 heterocycles. The minimum atomic E-state index is -0.259. The number of carbonyl (C=O) groups is 1. The van der Waals surface area contributed by atoms with Crippen molar-refractivity contribution < 1.29 is 18.5 Å². The number of nitrogens with one attached hydrogen (secondary N) is 1. The van der Waals surface area contributed by atoms with Crippen molar-refractivity contribution in [2.24, 2.45) is 5.92 Å². The van der Waals surface area contributed by atoms with Crippen molar-refractivity contribution in [3.8, 4) is 0 Å². The van der Waals surface area contributed by atoms with Crippen LogP contribution in [0.3, 0.4) is 0 Å². The van der Waals surface area contributed by atoms with Gasteiger partial charge in [-0.05, 0) is 46.2 Å². The number of rotatable bonds is 7. The molecule has 0 radical (unpaired) electrons. The summed E-state index contributed by atoms with van der Waals surface area (Å²) in [5.41, 5.74) is 0.946. The van der Waals surface area contributed by atoms with Crippen LogP contribution in [0.15, 0.2) is 47.1 Å². The number of benzene rings is 1. The Bertz CT molecular complexity index is 978. The van der Waals surface area contributed by atoms with Crippen LogP contribution in [0.2, 0.25) is 0 Å². The normalized spacial score (nSPS) is 16.1. The molecule has 1 N–H and O–H groups in total. The lowest BCUT2D eigenvalue weighted by atomic mass is 10.0. The summed E-state index contributed by atoms with van der Waals surface area (Å²) in [5, 5.41) is 12.5. The lowest BCUT2D eigenvalue weighted by Crippen LogP contribution is -3.15. The molecule has 1 aromatic carbocycles. The second kappa shape index (κ2) is 9.38. The fourth-order valence-electron chi connectivity index (χ4n) is 4.16. The van der Waals surface area contributed by atoms with Crippen molar-refractivity contribution in [3.63, 3.8) is 0 Å². The summed E-state index contributed by atoms with van der Waals surface area (Å²) in [5.74, 6) is 1.36. The summed E-state index contributed by atoms with van der Waals surface area (Å²) < 4.78 is 20.3. The summed E-state index contributed by atoms with van der Waals surface area (Å²) in [6.07, 6.45) is 2.46. The molecule has 0 unspecified atom stereocenters. The number of carbonyl (C=O) groups excluding carboxylic acids is 1. The van der Waals surface area contributed by atoms with Gasteiger partial charge in [-0.3, -0.25) is 4.79 Å². The maximum Gasteiger partial charge on any atom is 0.289 e. The van der Waals surface area contributed by atoms with Crippen LogP contribution in [-0.4, -0.2) is 57.2 Å². The zero-order valence-electron chi connectivity index (χ0n) is 17.9. The van der Waals surface area contributed by atoms with E-state index in [-0.39, 0.29) is 17.8 Å². The Kier molecular flexibility index (Phi) is 6.41. The van der Waals surface area contributed by atoms with Crippen LogP contribution in [0.5, 0.6) is 0 Å². The average Bonchev–Trinajstić information content (AvgIpc) is 3.46. The van der Waals surface area contributed by atoms with E-state index >= 15 is 0 Å². The second-order valence-corrected chi connectivity index (χ2v) is 8.43. The van der Waals surface area contributed by atoms with Crippen molar-refractivity contribution >= 4 is 5.91 Å². The minimum Gasteiger partial charge on any atom is -0.459 e. The summed E-state index contributed by atoms with van der Waals surface area (Å²) in [4.78, 5) is 15.8. The molecular formula is C22H28FN6O2+. The van der Waals surface area contributed by atoms with Gasteiger partial charge in [0.05, 0.1) is 39.0 Å². The van der Waals surface area contributed by atoms with Crippen molar-refractivity contribution in [2.75, 3.05) is 26.2 Å². The standard InChI is InChI=1S/C22H27FN6O2/c1-16(2)14-19(21-24-25-26-29(21)15-17-5-7-18(23)8-6-17)27-9-11-28(12-10-27)22(30)20-4-3-13-31-20/h3-8,13,16,19H,9-12,14-15H2,1-2H3/p+1/t19-/m1/s1. The zero-order chi connectivity index (χ0) is 21.8. The topological polar surface area (TPSA) is 81.5 Å². The van der Waals surface area contributed by atoms with Gasteiger partial charge in [0.2, 0.25) is 5.82 Å². The first-order valence-electron chi connectivity index (χ1n) is 10.7. The molecular weight excluding hydrogens is 399 g/mol. The Morgan fingerprint density at radius 2 is 1.94 bits per heavy atom. The van der Waals surface area contributed by atoms with Crippen molar-refractivity contribution in [2.45, 2.75) is 32.9 Å². The number of aromatic nitrogens is 4. The molecule has 0 spiro atoms. The number of piperazine rings is 1. The highest BCUT2D eigenvalue weighted by molar-refractivity contribution is 5.91. The SMILES string of the molecule is CC(C)C[C@H](c1nnnn1Cc1ccc(F)cc1)[NH+]1CCN(C(=O)c2ccco2)CC1. The highest BCUT2D eigenvalue weighted by atomic mass is 19.1. The third-order valence-electron chi connectivity index (χ3n) is 5.74. The monoisotopic (exact) mass is 427 g/mol. The first-order valence-corrected chi connectivity index (χ1v) is 10.7. The van der Waals surface area contributed by atoms with Crippen LogP contribution < -0.4 is 4.90 Å². The van der Waals surface area contributed by atoms with E-state index in [2.05, 4.69) is 29.4 Å². The number of nitrogens with zero attached hydrogens (tertiary/aromatic N) is 5. The Hall–Kier alpha value is -3.07. The van der Waals surface area contributed by atoms with Gasteiger partial charge in [0.15, 0.2) is 5.76 Å². The zero-order valence-corrected chi connectivity index (χ0v) is 17.9. The molecule has 1 aliphatic rings. The van der Waals surface area contributed by atoms with E-state index in [0.717, 1.165) is 30.9 Å². The number of quaternary nitrogens is 1. The van der Waals surface area contributed by atoms with E-state index in [1.807, 2.05) is 9.58 Å². The van der Waals surface area contributed by atoms with Crippen LogP contribution in [0.1, 0.15) is 48.3 Å². The average molecular weight is 428 g/mol. The van der Waals surface area contributed by atoms with E-state index in [9.17, 15) is 9.18 Å². The van der Waals surface area contributed by atoms with E-state index < -0.39 is 0 Å². The van der Waals surface area contributed by atoms with Gasteiger partial charge in [-0.1, -0.05) is 26.0 Å². The van der Waals surface area contributed by atoms with Gasteiger partial charge in [-0.2, -0.15) is 0 Å². The quantitative estimate of drug-likeness (QED) is 0.619. The molecule has 8 nitrogen and oxygen atoms in total. The molecule has 9 heteroatoms. The summed E-state index contributed by atoms with van der Waals surface area (Å²) in [7, 11) is 0. The molecule has 2 aromatic heterocycles. The molecule has 1 amide bonds. The molecule has 1 atom stereocenters. The van der Waals surface area contributed by atoms with Gasteiger partial charge < -0.3 is 14.2 Å². The molecule has 3 aromatic rings. The number of furan rings is 1. The van der Waals surface area contributed by atoms with E-state index in [1.54, 1.807) is 24.3 Å². The third-order valence-corrected chi connectivity index (χ3v) is 5.74. The summed E-state index contributed by atoms with van der Waals surface area (Å²) >= 11 is 0. The van der Waals surface area contributed by atoms with Crippen LogP contribution in [0.25, 0.3) is 0 Å². The number of tetrazole rings is 1. The summed E-state index contributed by atoms with van der Waals surface area (Å²) in [6, 6.07) is 9.96. The van der Waals surface area contributed by atoms with E-state index in [0.29, 0.717) is 31.3 Å². The first-order chi connectivity index (χ1) is 15.0. The van der Waals surface area contributed by atoms with Gasteiger partial charge in [0.25, 0.3) is 5.91 Å². The number of hydrogen-bond donors (Lipinski definition) is 1. The van der Waals surface area contributed by atoms with Crippen LogP contribution in [0, 0.1) is 11.7 Å². The van der Waals surface area contributed by atoms with E-state index in [4.69, 9.17) is 4.42 Å². The predicted octanol–water partition coefficient (Wildman–Crippen LogP) is 1.58. The van der Waals surface area contributed by atoms with Crippen LogP contribution >= 0.6 is 0 Å². The summed E-state index contributed by atoms with van der Waals surface area (Å²) in [6.45, 7) is 7.81. The van der Waals surface area contributed by atoms with Crippen molar-refractivity contribution in [1.29, 1.82) is 0 Å². The van der Waals surface area contributed by atoms with Crippen LogP contribution in [0.4, 0.5) is 4.39 Å². The molecule has 0 aliphatic carbocycles. The molecule has 31 heavy (non-hydrogen) atoms. The molecule has 1 saturated heterocycles. The van der Waals surface area contributed by atoms with Gasteiger partial charge in [-0.15, -0.1) is 5.10 Å². The smallest absolute Gasteiger partial charge is 0.289 e. The van der Waals surface area contributed by atoms with Gasteiger partial charge in [-0.25, -0.2) is 9.07 Å². The van der Waals surface area contributed by atoms with Crippen molar-refractivity contribution in [1.82, 2.24) is 25.1 Å². The molecule has 0 bridgehead atoms. The maximum absolute atomic E-state index is 13.3. The Morgan fingerprint density at radius 3 is 2.58 bits per heavy atom. The first kappa shape index (κ1) is 21.2. The minimum absolute atomic E-state index is 0.0643. The number of amides is 1. The van der Waals surface area contributed by atoms with Crippen LogP contribution in [-0.2, 0) is 6.54 Å².